The molecule has 0 N–H and O–H groups in total. The van der Waals surface area contributed by atoms with Crippen molar-refractivity contribution in [2.45, 2.75) is 65.1 Å². The third-order valence-electron chi connectivity index (χ3n) is 5.46. The minimum Gasteiger partial charge on any atom is -0.298 e. The SMILES string of the molecule is Cc1ccc(C(C)N2CC3CCCCN3CC2C(C)C)s1. The van der Waals surface area contributed by atoms with Gasteiger partial charge in [0.25, 0.3) is 0 Å². The molecule has 0 bridgehead atoms. The highest BCUT2D eigenvalue weighted by molar-refractivity contribution is 7.12. The normalized spacial score (nSPS) is 29.6. The van der Waals surface area contributed by atoms with Gasteiger partial charge in [-0.2, -0.15) is 0 Å². The average molecular weight is 307 g/mol. The van der Waals surface area contributed by atoms with E-state index in [4.69, 9.17) is 0 Å². The van der Waals surface area contributed by atoms with E-state index in [-0.39, 0.29) is 0 Å². The summed E-state index contributed by atoms with van der Waals surface area (Å²) in [5.74, 6) is 0.733. The summed E-state index contributed by atoms with van der Waals surface area (Å²) in [5, 5.41) is 0. The van der Waals surface area contributed by atoms with Crippen LogP contribution in [0, 0.1) is 12.8 Å². The molecule has 2 aliphatic rings. The van der Waals surface area contributed by atoms with Gasteiger partial charge < -0.3 is 0 Å². The van der Waals surface area contributed by atoms with Crippen molar-refractivity contribution < 1.29 is 0 Å². The first-order valence-electron chi connectivity index (χ1n) is 8.62. The molecule has 0 aliphatic carbocycles. The minimum atomic E-state index is 0.570. The Hall–Kier alpha value is -0.380. The van der Waals surface area contributed by atoms with Gasteiger partial charge in [0.2, 0.25) is 0 Å². The number of thiophene rings is 1. The van der Waals surface area contributed by atoms with E-state index in [1.54, 1.807) is 4.88 Å². The molecule has 3 heteroatoms. The van der Waals surface area contributed by atoms with E-state index in [0.717, 1.165) is 12.0 Å². The van der Waals surface area contributed by atoms with Crippen molar-refractivity contribution in [3.8, 4) is 0 Å². The van der Waals surface area contributed by atoms with Gasteiger partial charge in [-0.3, -0.25) is 9.80 Å². The predicted molar refractivity (Wildman–Crippen MR) is 92.0 cm³/mol. The fraction of sp³-hybridized carbons (Fsp3) is 0.778. The van der Waals surface area contributed by atoms with Gasteiger partial charge in [-0.05, 0) is 51.3 Å². The van der Waals surface area contributed by atoms with Gasteiger partial charge in [0.15, 0.2) is 0 Å². The summed E-state index contributed by atoms with van der Waals surface area (Å²) in [5.41, 5.74) is 0. The number of piperazine rings is 1. The van der Waals surface area contributed by atoms with Crippen molar-refractivity contribution in [1.82, 2.24) is 9.80 Å². The van der Waals surface area contributed by atoms with Crippen molar-refractivity contribution in [2.75, 3.05) is 19.6 Å². The van der Waals surface area contributed by atoms with Crippen molar-refractivity contribution in [2.24, 2.45) is 5.92 Å². The maximum Gasteiger partial charge on any atom is 0.0417 e. The zero-order valence-corrected chi connectivity index (χ0v) is 14.8. The van der Waals surface area contributed by atoms with Crippen LogP contribution < -0.4 is 0 Å². The zero-order valence-electron chi connectivity index (χ0n) is 14.0. The molecule has 1 aromatic heterocycles. The van der Waals surface area contributed by atoms with Crippen molar-refractivity contribution in [1.29, 1.82) is 0 Å². The molecule has 0 aromatic carbocycles. The number of fused-ring (bicyclic) bond motifs is 1. The Bertz CT molecular complexity index is 468. The van der Waals surface area contributed by atoms with E-state index in [1.807, 2.05) is 11.3 Å². The molecule has 3 unspecified atom stereocenters. The Labute approximate surface area is 134 Å². The van der Waals surface area contributed by atoms with E-state index in [1.165, 1.54) is 43.8 Å². The van der Waals surface area contributed by atoms with Crippen molar-refractivity contribution >= 4 is 11.3 Å². The Balaban J connectivity index is 1.80. The third kappa shape index (κ3) is 3.20. The molecule has 2 fully saturated rings. The second kappa shape index (κ2) is 6.39. The van der Waals surface area contributed by atoms with E-state index in [0.29, 0.717) is 12.1 Å². The zero-order chi connectivity index (χ0) is 15.0. The topological polar surface area (TPSA) is 6.48 Å². The van der Waals surface area contributed by atoms with Crippen LogP contribution in [0.15, 0.2) is 12.1 Å². The lowest BCUT2D eigenvalue weighted by Gasteiger charge is -2.51. The Morgan fingerprint density at radius 2 is 1.95 bits per heavy atom. The highest BCUT2D eigenvalue weighted by Crippen LogP contribution is 2.35. The van der Waals surface area contributed by atoms with Crippen LogP contribution in [-0.2, 0) is 0 Å². The molecule has 0 radical (unpaired) electrons. The lowest BCUT2D eigenvalue weighted by Crippen LogP contribution is -2.61. The van der Waals surface area contributed by atoms with Gasteiger partial charge in [-0.15, -0.1) is 11.3 Å². The summed E-state index contributed by atoms with van der Waals surface area (Å²) in [6.07, 6.45) is 4.23. The maximum atomic E-state index is 2.81. The summed E-state index contributed by atoms with van der Waals surface area (Å²) >= 11 is 1.98. The number of piperidine rings is 1. The van der Waals surface area contributed by atoms with E-state index in [9.17, 15) is 0 Å². The predicted octanol–water partition coefficient (Wildman–Crippen LogP) is 4.31. The summed E-state index contributed by atoms with van der Waals surface area (Å²) in [4.78, 5) is 8.57. The van der Waals surface area contributed by atoms with Gasteiger partial charge in [0.1, 0.15) is 0 Å². The maximum absolute atomic E-state index is 2.81. The van der Waals surface area contributed by atoms with Crippen LogP contribution in [0.2, 0.25) is 0 Å². The number of rotatable bonds is 3. The third-order valence-corrected chi connectivity index (χ3v) is 6.63. The average Bonchev–Trinajstić information content (AvgIpc) is 2.91. The molecule has 0 amide bonds. The molecule has 3 atom stereocenters. The number of hydrogen-bond acceptors (Lipinski definition) is 3. The van der Waals surface area contributed by atoms with E-state index < -0.39 is 0 Å². The minimum absolute atomic E-state index is 0.570. The van der Waals surface area contributed by atoms with Crippen molar-refractivity contribution in [3.63, 3.8) is 0 Å². The molecule has 1 aromatic rings. The standard InChI is InChI=1S/C18H30N2S/c1-13(2)17-12-19-10-6-5-7-16(19)11-20(17)15(4)18-9-8-14(3)21-18/h8-9,13,15-17H,5-7,10-12H2,1-4H3. The molecule has 3 rings (SSSR count). The molecular weight excluding hydrogens is 276 g/mol. The first kappa shape index (κ1) is 15.5. The van der Waals surface area contributed by atoms with Crippen molar-refractivity contribution in [3.05, 3.63) is 21.9 Å². The van der Waals surface area contributed by atoms with Crippen LogP contribution in [0.1, 0.15) is 55.8 Å². The number of nitrogens with zero attached hydrogens (tertiary/aromatic N) is 2. The molecule has 0 spiro atoms. The number of aryl methyl sites for hydroxylation is 1. The van der Waals surface area contributed by atoms with E-state index in [2.05, 4.69) is 49.6 Å². The summed E-state index contributed by atoms with van der Waals surface area (Å²) < 4.78 is 0. The van der Waals surface area contributed by atoms with Crippen LogP contribution in [-0.4, -0.2) is 41.5 Å². The van der Waals surface area contributed by atoms with Gasteiger partial charge in [0, 0.05) is 41.0 Å². The molecule has 2 saturated heterocycles. The molecule has 2 nitrogen and oxygen atoms in total. The molecule has 21 heavy (non-hydrogen) atoms. The second-order valence-electron chi connectivity index (χ2n) is 7.28. The quantitative estimate of drug-likeness (QED) is 0.821. The van der Waals surface area contributed by atoms with Gasteiger partial charge in [0.05, 0.1) is 0 Å². The van der Waals surface area contributed by atoms with Gasteiger partial charge >= 0.3 is 0 Å². The fourth-order valence-electron chi connectivity index (χ4n) is 4.11. The summed E-state index contributed by atoms with van der Waals surface area (Å²) in [6.45, 7) is 13.3. The lowest BCUT2D eigenvalue weighted by molar-refractivity contribution is -0.0265. The highest BCUT2D eigenvalue weighted by atomic mass is 32.1. The van der Waals surface area contributed by atoms with Crippen LogP contribution in [0.25, 0.3) is 0 Å². The van der Waals surface area contributed by atoms with Gasteiger partial charge in [-0.1, -0.05) is 20.3 Å². The summed E-state index contributed by atoms with van der Waals surface area (Å²) in [6, 6.07) is 6.70. The van der Waals surface area contributed by atoms with Crippen LogP contribution in [0.4, 0.5) is 0 Å². The largest absolute Gasteiger partial charge is 0.298 e. The Morgan fingerprint density at radius 1 is 1.14 bits per heavy atom. The smallest absolute Gasteiger partial charge is 0.0417 e. The van der Waals surface area contributed by atoms with Crippen LogP contribution in [0.5, 0.6) is 0 Å². The second-order valence-corrected chi connectivity index (χ2v) is 8.60. The van der Waals surface area contributed by atoms with E-state index >= 15 is 0 Å². The molecule has 0 saturated carbocycles. The fourth-order valence-corrected chi connectivity index (χ4v) is 5.06. The van der Waals surface area contributed by atoms with Gasteiger partial charge in [-0.25, -0.2) is 0 Å². The monoisotopic (exact) mass is 306 g/mol. The van der Waals surface area contributed by atoms with Crippen LogP contribution >= 0.6 is 11.3 Å². The highest BCUT2D eigenvalue weighted by Gasteiger charge is 2.38. The molecule has 2 aliphatic heterocycles. The Morgan fingerprint density at radius 3 is 2.62 bits per heavy atom. The molecule has 118 valence electrons. The van der Waals surface area contributed by atoms with Crippen LogP contribution in [0.3, 0.4) is 0 Å². The number of hydrogen-bond donors (Lipinski definition) is 0. The first-order valence-corrected chi connectivity index (χ1v) is 9.44. The Kier molecular flexibility index (Phi) is 4.72. The lowest BCUT2D eigenvalue weighted by atomic mass is 9.91. The molecular formula is C18H30N2S. The summed E-state index contributed by atoms with van der Waals surface area (Å²) in [7, 11) is 0. The first-order chi connectivity index (χ1) is 10.1. The molecule has 3 heterocycles.